The minimum absolute atomic E-state index is 0.0123. The molecule has 5 nitrogen and oxygen atoms in total. The van der Waals surface area contributed by atoms with E-state index in [0.717, 1.165) is 39.2 Å². The van der Waals surface area contributed by atoms with E-state index in [9.17, 15) is 19.2 Å². The fourth-order valence-corrected chi connectivity index (χ4v) is 4.84. The molecular weight excluding hydrogens is 409 g/mol. The molecule has 1 aliphatic rings. The van der Waals surface area contributed by atoms with Crippen molar-refractivity contribution >= 4 is 40.2 Å². The van der Waals surface area contributed by atoms with E-state index in [1.165, 1.54) is 29.5 Å². The van der Waals surface area contributed by atoms with E-state index < -0.39 is 17.3 Å². The highest BCUT2D eigenvalue weighted by Crippen LogP contribution is 2.19. The molecule has 0 radical (unpaired) electrons. The number of hydrogen-bond acceptors (Lipinski definition) is 5. The average molecular weight is 426 g/mol. The van der Waals surface area contributed by atoms with Crippen LogP contribution in [0.15, 0.2) is 40.5 Å². The van der Waals surface area contributed by atoms with Crippen molar-refractivity contribution in [3.63, 3.8) is 0 Å². The standard InChI is InChI=1S/C21H16FN3O2S2/c1-12-8-9-28-17(12)10-18-20(27)25(16-5-3-2-4-15(16)22)21(29-18)14(11-23)19(26)24-13-6-7-13/h2-5,8-10,13H,6-7H2,1H3,(H,24,26)/b18-10-,21-14-. The number of carbonyl (C=O) groups is 1. The van der Waals surface area contributed by atoms with Gasteiger partial charge in [-0.1, -0.05) is 12.1 Å². The zero-order valence-corrected chi connectivity index (χ0v) is 17.1. The van der Waals surface area contributed by atoms with Crippen molar-refractivity contribution in [2.45, 2.75) is 25.8 Å². The smallest absolute Gasteiger partial charge is 0.273 e. The van der Waals surface area contributed by atoms with E-state index >= 15 is 0 Å². The number of nitrogens with one attached hydrogen (secondary N) is 1. The van der Waals surface area contributed by atoms with Crippen LogP contribution in [0.25, 0.3) is 17.3 Å². The number of carbonyl (C=O) groups excluding carboxylic acids is 1. The number of hydrogen-bond donors (Lipinski definition) is 1. The van der Waals surface area contributed by atoms with Gasteiger partial charge in [0.25, 0.3) is 11.5 Å². The van der Waals surface area contributed by atoms with E-state index in [1.807, 2.05) is 24.4 Å². The van der Waals surface area contributed by atoms with Gasteiger partial charge in [-0.25, -0.2) is 4.39 Å². The maximum Gasteiger partial charge on any atom is 0.273 e. The monoisotopic (exact) mass is 425 g/mol. The molecule has 2 heterocycles. The number of rotatable bonds is 4. The largest absolute Gasteiger partial charge is 0.349 e. The van der Waals surface area contributed by atoms with Gasteiger partial charge in [0.1, 0.15) is 16.5 Å². The zero-order valence-electron chi connectivity index (χ0n) is 15.4. The lowest BCUT2D eigenvalue weighted by Gasteiger charge is -2.05. The zero-order chi connectivity index (χ0) is 20.5. The minimum Gasteiger partial charge on any atom is -0.349 e. The summed E-state index contributed by atoms with van der Waals surface area (Å²) in [6.45, 7) is 1.93. The second kappa shape index (κ2) is 7.78. The van der Waals surface area contributed by atoms with Crippen LogP contribution in [-0.2, 0) is 4.79 Å². The number of nitriles is 1. The summed E-state index contributed by atoms with van der Waals surface area (Å²) >= 11 is 2.50. The average Bonchev–Trinajstić information content (AvgIpc) is 3.34. The van der Waals surface area contributed by atoms with Crippen molar-refractivity contribution < 1.29 is 9.18 Å². The van der Waals surface area contributed by atoms with Gasteiger partial charge in [0, 0.05) is 10.9 Å². The third-order valence-corrected chi connectivity index (χ3v) is 6.60. The third-order valence-electron chi connectivity index (χ3n) is 4.55. The summed E-state index contributed by atoms with van der Waals surface area (Å²) in [5.74, 6) is -1.15. The third kappa shape index (κ3) is 3.79. The summed E-state index contributed by atoms with van der Waals surface area (Å²) in [5.41, 5.74) is 0.371. The van der Waals surface area contributed by atoms with Crippen LogP contribution in [0.1, 0.15) is 23.3 Å². The lowest BCUT2D eigenvalue weighted by atomic mass is 10.2. The number of nitrogens with zero attached hydrogens (tertiary/aromatic N) is 2. The number of thiazole rings is 1. The number of amides is 1. The fourth-order valence-electron chi connectivity index (χ4n) is 2.83. The summed E-state index contributed by atoms with van der Waals surface area (Å²) in [6, 6.07) is 9.74. The van der Waals surface area contributed by atoms with Gasteiger partial charge in [0.15, 0.2) is 5.57 Å². The molecule has 1 aliphatic carbocycles. The molecule has 3 aromatic rings. The van der Waals surface area contributed by atoms with Crippen LogP contribution in [0, 0.1) is 24.1 Å². The van der Waals surface area contributed by atoms with Crippen molar-refractivity contribution in [2.24, 2.45) is 0 Å². The maximum atomic E-state index is 14.5. The highest BCUT2D eigenvalue weighted by Gasteiger charge is 2.26. The van der Waals surface area contributed by atoms with Gasteiger partial charge in [-0.05, 0) is 55.0 Å². The van der Waals surface area contributed by atoms with Crippen molar-refractivity contribution in [1.29, 1.82) is 5.26 Å². The van der Waals surface area contributed by atoms with Gasteiger partial charge in [0.05, 0.1) is 10.2 Å². The summed E-state index contributed by atoms with van der Waals surface area (Å²) in [6.07, 6.45) is 3.46. The Bertz CT molecular complexity index is 1320. The number of benzene rings is 1. The summed E-state index contributed by atoms with van der Waals surface area (Å²) in [4.78, 5) is 26.7. The number of aryl methyl sites for hydroxylation is 1. The van der Waals surface area contributed by atoms with Crippen LogP contribution < -0.4 is 20.1 Å². The molecule has 0 unspecified atom stereocenters. The lowest BCUT2D eigenvalue weighted by Crippen LogP contribution is -2.34. The Morgan fingerprint density at radius 2 is 2.10 bits per heavy atom. The molecule has 0 saturated heterocycles. The van der Waals surface area contributed by atoms with Crippen LogP contribution >= 0.6 is 22.7 Å². The molecule has 0 bridgehead atoms. The van der Waals surface area contributed by atoms with E-state index in [1.54, 1.807) is 12.1 Å². The van der Waals surface area contributed by atoms with Gasteiger partial charge in [0.2, 0.25) is 0 Å². The first-order valence-electron chi connectivity index (χ1n) is 8.97. The summed E-state index contributed by atoms with van der Waals surface area (Å²) in [5, 5.41) is 14.4. The van der Waals surface area contributed by atoms with Gasteiger partial charge in [-0.2, -0.15) is 5.26 Å². The van der Waals surface area contributed by atoms with Crippen molar-refractivity contribution in [3.8, 4) is 11.8 Å². The topological polar surface area (TPSA) is 74.9 Å². The maximum absolute atomic E-state index is 14.5. The van der Waals surface area contributed by atoms with E-state index in [-0.39, 0.29) is 22.0 Å². The highest BCUT2D eigenvalue weighted by molar-refractivity contribution is 7.11. The molecule has 1 N–H and O–H groups in total. The van der Waals surface area contributed by atoms with Gasteiger partial charge < -0.3 is 5.32 Å². The normalized spacial score (nSPS) is 15.1. The van der Waals surface area contributed by atoms with E-state index in [4.69, 9.17) is 0 Å². The van der Waals surface area contributed by atoms with Crippen LogP contribution in [0.4, 0.5) is 4.39 Å². The predicted octanol–water partition coefficient (Wildman–Crippen LogP) is 2.19. The fraction of sp³-hybridized carbons (Fsp3) is 0.190. The van der Waals surface area contributed by atoms with Crippen molar-refractivity contribution in [1.82, 2.24) is 9.88 Å². The quantitative estimate of drug-likeness (QED) is 0.696. The van der Waals surface area contributed by atoms with Crippen LogP contribution in [0.5, 0.6) is 0 Å². The Morgan fingerprint density at radius 1 is 1.34 bits per heavy atom. The SMILES string of the molecule is Cc1ccsc1/C=c1\s/c(=C(/C#N)C(=O)NC2CC2)n(-c2ccccc2F)c1=O. The Morgan fingerprint density at radius 3 is 2.72 bits per heavy atom. The lowest BCUT2D eigenvalue weighted by molar-refractivity contribution is -0.115. The molecular formula is C21H16FN3O2S2. The predicted molar refractivity (Wildman–Crippen MR) is 112 cm³/mol. The molecule has 1 aromatic carbocycles. The Hall–Kier alpha value is -3.02. The molecule has 0 aliphatic heterocycles. The molecule has 0 atom stereocenters. The van der Waals surface area contributed by atoms with Crippen LogP contribution in [0.2, 0.25) is 0 Å². The number of halogens is 1. The first-order valence-corrected chi connectivity index (χ1v) is 10.7. The molecule has 0 spiro atoms. The Kier molecular flexibility index (Phi) is 5.18. The summed E-state index contributed by atoms with van der Waals surface area (Å²) < 4.78 is 16.1. The Labute approximate surface area is 173 Å². The molecule has 8 heteroatoms. The molecule has 29 heavy (non-hydrogen) atoms. The van der Waals surface area contributed by atoms with E-state index in [0.29, 0.717) is 4.53 Å². The second-order valence-electron chi connectivity index (χ2n) is 6.71. The number of thiophene rings is 1. The first-order chi connectivity index (χ1) is 14.0. The molecule has 4 rings (SSSR count). The molecule has 2 aromatic heterocycles. The minimum atomic E-state index is -0.604. The van der Waals surface area contributed by atoms with Gasteiger partial charge in [-0.3, -0.25) is 14.2 Å². The first kappa shape index (κ1) is 19.3. The van der Waals surface area contributed by atoms with E-state index in [2.05, 4.69) is 5.32 Å². The molecule has 1 amide bonds. The molecule has 1 fully saturated rings. The van der Waals surface area contributed by atoms with Gasteiger partial charge >= 0.3 is 0 Å². The van der Waals surface area contributed by atoms with Crippen molar-refractivity contribution in [2.75, 3.05) is 0 Å². The second-order valence-corrected chi connectivity index (χ2v) is 8.69. The number of aromatic nitrogens is 1. The Balaban J connectivity index is 2.04. The van der Waals surface area contributed by atoms with Gasteiger partial charge in [-0.15, -0.1) is 22.7 Å². The van der Waals surface area contributed by atoms with Crippen LogP contribution in [-0.4, -0.2) is 16.5 Å². The summed E-state index contributed by atoms with van der Waals surface area (Å²) in [7, 11) is 0. The highest BCUT2D eigenvalue weighted by atomic mass is 32.1. The van der Waals surface area contributed by atoms with Crippen molar-refractivity contribution in [3.05, 3.63) is 71.5 Å². The van der Waals surface area contributed by atoms with Crippen LogP contribution in [0.3, 0.4) is 0 Å². The molecule has 146 valence electrons. The number of para-hydroxylation sites is 1. The molecule has 1 saturated carbocycles.